The lowest BCUT2D eigenvalue weighted by atomic mass is 9.92. The molecule has 2 fully saturated rings. The first kappa shape index (κ1) is 76.5. The third-order valence-electron chi connectivity index (χ3n) is 16.9. The van der Waals surface area contributed by atoms with E-state index in [1.54, 1.807) is 41.5 Å². The maximum Gasteiger partial charge on any atom is 0.409 e. The molecule has 0 bridgehead atoms. The number of amides is 12. The molecule has 0 aromatic rings. The van der Waals surface area contributed by atoms with Crippen LogP contribution in [0.2, 0.25) is 0 Å². The molecule has 2 rings (SSSR count). The van der Waals surface area contributed by atoms with E-state index in [2.05, 4.69) is 21.3 Å². The van der Waals surface area contributed by atoms with Crippen molar-refractivity contribution in [1.29, 1.82) is 0 Å². The SMILES string of the molecule is CC[C@@H]1NC(=O)[C@H]([C@@H]2OC(=O)N(C)C[C@H]2C)N(C)C(=O)[C@H](C(C)C)N(C)C(=O)[C@H](CC(C)C)N(C)C(=O)[C@H](CC(C)C)N(C)C(=O)[C@@H](C)NC(=O)[C@H](C)NC(=O)[C@H](CC(C)C)N(C)C(=O)[C@H](C(C)C)NC(=O)[C@H](CC(C)C)N(C)C(=O)[C@@H](C)N(C)C1=O. The molecule has 2 aliphatic heterocycles. The molecule has 87 heavy (non-hydrogen) atoms. The number of nitrogens with zero attached hydrogens (tertiary/aromatic N) is 8. The van der Waals surface area contributed by atoms with E-state index in [1.807, 2.05) is 55.4 Å². The molecule has 25 heteroatoms. The van der Waals surface area contributed by atoms with Crippen LogP contribution in [0, 0.1) is 41.4 Å². The minimum Gasteiger partial charge on any atom is -0.443 e. The van der Waals surface area contributed by atoms with Gasteiger partial charge in [-0.25, -0.2) is 4.79 Å². The average Bonchev–Trinajstić information content (AvgIpc) is 1.15. The quantitative estimate of drug-likeness (QED) is 0.219. The highest BCUT2D eigenvalue weighted by Gasteiger charge is 2.49. The van der Waals surface area contributed by atoms with Crippen molar-refractivity contribution < 1.29 is 62.3 Å². The summed E-state index contributed by atoms with van der Waals surface area (Å²) < 4.78 is 5.91. The van der Waals surface area contributed by atoms with Crippen molar-refractivity contribution in [3.8, 4) is 0 Å². The Balaban J connectivity index is 3.01. The molecule has 0 aliphatic carbocycles. The van der Waals surface area contributed by atoms with E-state index in [9.17, 15) is 38.4 Å². The number of nitrogens with one attached hydrogen (secondary N) is 4. The Morgan fingerprint density at radius 3 is 1.28 bits per heavy atom. The number of hydrogen-bond acceptors (Lipinski definition) is 13. The first-order chi connectivity index (χ1) is 40.1. The molecule has 25 nitrogen and oxygen atoms in total. The molecule has 0 aromatic carbocycles. The molecule has 13 atom stereocenters. The van der Waals surface area contributed by atoms with Gasteiger partial charge in [0.25, 0.3) is 0 Å². The topological polar surface area (TPSA) is 288 Å². The fourth-order valence-corrected chi connectivity index (χ4v) is 11.4. The summed E-state index contributed by atoms with van der Waals surface area (Å²) in [4.78, 5) is 185. The zero-order valence-corrected chi connectivity index (χ0v) is 57.1. The number of carbonyl (C=O) groups is 12. The van der Waals surface area contributed by atoms with E-state index in [0.29, 0.717) is 0 Å². The Morgan fingerprint density at radius 2 is 0.828 bits per heavy atom. The molecule has 0 spiro atoms. The maximum atomic E-state index is 15.3. The second-order valence-electron chi connectivity index (χ2n) is 26.9. The standard InChI is InChI=1S/C62H110N12O13/c1-26-42-57(81)68(19)41(17)56(80)69(20)44(28-33(4)5)53(77)66-47(36(10)11)60(84)70(21)43(27-32(2)3)52(76)63-39(15)51(75)64-40(16)55(79)71(22)45(29-34(6)7)58(82)72(23)46(30-35(8)9)59(83)73(24)48(37(12)13)61(85)74(25)49(54(78)65-42)50-38(14)31-67(18)62(86)87-50/h32-50H,26-31H2,1-25H3,(H,63,76)(H,64,75)(H,65,78)(H,66,77)/t38-,39+,40-,41-,42+,43+,44+,45+,46+,47+,48+,49+,50-/m1/s1. The second kappa shape index (κ2) is 33.1. The molecule has 0 unspecified atom stereocenters. The molecule has 0 radical (unpaired) electrons. The van der Waals surface area contributed by atoms with Gasteiger partial charge in [0.2, 0.25) is 65.0 Å². The van der Waals surface area contributed by atoms with Gasteiger partial charge >= 0.3 is 6.09 Å². The molecule has 4 N–H and O–H groups in total. The van der Waals surface area contributed by atoms with Crippen LogP contribution in [0.1, 0.15) is 150 Å². The van der Waals surface area contributed by atoms with Crippen LogP contribution in [0.25, 0.3) is 0 Å². The molecule has 2 saturated heterocycles. The van der Waals surface area contributed by atoms with Crippen molar-refractivity contribution in [3.63, 3.8) is 0 Å². The molecular formula is C62H110N12O13. The number of hydrogen-bond donors (Lipinski definition) is 4. The van der Waals surface area contributed by atoms with Crippen molar-refractivity contribution in [3.05, 3.63) is 0 Å². The van der Waals surface area contributed by atoms with Gasteiger partial charge in [-0.1, -0.05) is 96.9 Å². The summed E-state index contributed by atoms with van der Waals surface area (Å²) in [5.41, 5.74) is 0. The first-order valence-electron chi connectivity index (χ1n) is 31.1. The zero-order valence-electron chi connectivity index (χ0n) is 57.1. The van der Waals surface area contributed by atoms with Crippen LogP contribution in [0.5, 0.6) is 0 Å². The van der Waals surface area contributed by atoms with E-state index in [1.165, 1.54) is 107 Å². The number of ether oxygens (including phenoxy) is 1. The van der Waals surface area contributed by atoms with Crippen LogP contribution in [0.3, 0.4) is 0 Å². The number of carbonyl (C=O) groups excluding carboxylic acids is 12. The van der Waals surface area contributed by atoms with Crippen molar-refractivity contribution in [2.45, 2.75) is 222 Å². The van der Waals surface area contributed by atoms with E-state index in [-0.39, 0.29) is 62.3 Å². The van der Waals surface area contributed by atoms with Crippen LogP contribution in [0.15, 0.2) is 0 Å². The van der Waals surface area contributed by atoms with E-state index in [4.69, 9.17) is 4.74 Å². The predicted molar refractivity (Wildman–Crippen MR) is 331 cm³/mol. The van der Waals surface area contributed by atoms with Gasteiger partial charge in [-0.2, -0.15) is 0 Å². The number of cyclic esters (lactones) is 1. The highest BCUT2D eigenvalue weighted by Crippen LogP contribution is 2.28. The van der Waals surface area contributed by atoms with Gasteiger partial charge in [-0.15, -0.1) is 0 Å². The van der Waals surface area contributed by atoms with Crippen molar-refractivity contribution in [2.75, 3.05) is 62.9 Å². The summed E-state index contributed by atoms with van der Waals surface area (Å²) in [5.74, 6) is -9.81. The first-order valence-corrected chi connectivity index (χ1v) is 31.1. The summed E-state index contributed by atoms with van der Waals surface area (Å²) in [7, 11) is 11.4. The van der Waals surface area contributed by atoms with Gasteiger partial charge in [0, 0.05) is 68.8 Å². The van der Waals surface area contributed by atoms with Crippen molar-refractivity contribution in [2.24, 2.45) is 41.4 Å². The molecular weight excluding hydrogens is 1120 g/mol. The fraction of sp³-hybridized carbons (Fsp3) is 0.806. The summed E-state index contributed by atoms with van der Waals surface area (Å²) in [6.45, 7) is 29.7. The van der Waals surface area contributed by atoms with Gasteiger partial charge in [-0.05, 0) is 88.4 Å². The molecule has 2 heterocycles. The second-order valence-corrected chi connectivity index (χ2v) is 26.9. The third kappa shape index (κ3) is 19.7. The van der Waals surface area contributed by atoms with Gasteiger partial charge in [0.15, 0.2) is 0 Å². The van der Waals surface area contributed by atoms with Crippen LogP contribution in [-0.4, -0.2) is 246 Å². The third-order valence-corrected chi connectivity index (χ3v) is 16.9. The Bertz CT molecular complexity index is 2450. The molecule has 496 valence electrons. The lowest BCUT2D eigenvalue weighted by Gasteiger charge is -2.44. The highest BCUT2D eigenvalue weighted by molar-refractivity contribution is 6.00. The lowest BCUT2D eigenvalue weighted by Crippen LogP contribution is -2.65. The number of rotatable bonds is 12. The van der Waals surface area contributed by atoms with Crippen LogP contribution in [0.4, 0.5) is 4.79 Å². The smallest absolute Gasteiger partial charge is 0.409 e. The normalized spacial score (nSPS) is 29.3. The minimum atomic E-state index is -1.57. The Hall–Kier alpha value is -6.56. The lowest BCUT2D eigenvalue weighted by molar-refractivity contribution is -0.158. The minimum absolute atomic E-state index is 0.000296. The molecule has 2 aliphatic rings. The summed E-state index contributed by atoms with van der Waals surface area (Å²) >= 11 is 0. The highest BCUT2D eigenvalue weighted by atomic mass is 16.6. The van der Waals surface area contributed by atoms with E-state index < -0.39 is 161 Å². The Kier molecular flexibility index (Phi) is 29.2. The van der Waals surface area contributed by atoms with E-state index >= 15 is 19.2 Å². The maximum absolute atomic E-state index is 15.3. The Labute approximate surface area is 518 Å². The summed E-state index contributed by atoms with van der Waals surface area (Å²) in [6, 6.07) is -13.7. The number of likely N-dealkylation sites (N-methyl/N-ethyl adjacent to an activating group) is 7. The van der Waals surface area contributed by atoms with Gasteiger partial charge in [0.1, 0.15) is 72.6 Å². The van der Waals surface area contributed by atoms with Gasteiger partial charge in [-0.3, -0.25) is 52.7 Å². The van der Waals surface area contributed by atoms with Crippen LogP contribution in [-0.2, 0) is 57.5 Å². The molecule has 0 saturated carbocycles. The fourth-order valence-electron chi connectivity index (χ4n) is 11.4. The van der Waals surface area contributed by atoms with Gasteiger partial charge in [0.05, 0.1) is 0 Å². The van der Waals surface area contributed by atoms with Crippen molar-refractivity contribution in [1.82, 2.24) is 60.5 Å². The van der Waals surface area contributed by atoms with Crippen molar-refractivity contribution >= 4 is 71.1 Å². The monoisotopic (exact) mass is 1230 g/mol. The summed E-state index contributed by atoms with van der Waals surface area (Å²) in [5, 5.41) is 11.0. The zero-order chi connectivity index (χ0) is 67.3. The van der Waals surface area contributed by atoms with Gasteiger partial charge < -0.3 is 65.2 Å². The average molecular weight is 1230 g/mol. The Morgan fingerprint density at radius 1 is 0.414 bits per heavy atom. The van der Waals surface area contributed by atoms with Crippen LogP contribution < -0.4 is 21.3 Å². The largest absolute Gasteiger partial charge is 0.443 e. The molecule has 0 aromatic heterocycles. The summed E-state index contributed by atoms with van der Waals surface area (Å²) in [6.07, 6.45) is -1.44. The van der Waals surface area contributed by atoms with Crippen LogP contribution >= 0.6 is 0 Å². The predicted octanol–water partition coefficient (Wildman–Crippen LogP) is 2.78. The van der Waals surface area contributed by atoms with E-state index in [0.717, 1.165) is 9.80 Å². The molecule has 12 amide bonds.